The molecule has 114 valence electrons. The Morgan fingerprint density at radius 3 is 2.67 bits per heavy atom. The minimum Gasteiger partial charge on any atom is -0.478 e. The molecule has 0 saturated heterocycles. The van der Waals surface area contributed by atoms with E-state index in [1.807, 2.05) is 24.8 Å². The van der Waals surface area contributed by atoms with E-state index in [0.29, 0.717) is 10.9 Å². The summed E-state index contributed by atoms with van der Waals surface area (Å²) in [4.78, 5) is 26.8. The lowest BCUT2D eigenvalue weighted by Gasteiger charge is -2.27. The molecule has 1 aliphatic carbocycles. The zero-order valence-corrected chi connectivity index (χ0v) is 13.3. The summed E-state index contributed by atoms with van der Waals surface area (Å²) in [7, 11) is 0. The van der Waals surface area contributed by atoms with Gasteiger partial charge in [-0.3, -0.25) is 4.79 Å². The first-order valence-corrected chi connectivity index (χ1v) is 8.17. The van der Waals surface area contributed by atoms with Gasteiger partial charge in [0.25, 0.3) is 5.91 Å². The van der Waals surface area contributed by atoms with Crippen LogP contribution in [0.3, 0.4) is 0 Å². The molecule has 1 aromatic rings. The predicted octanol–water partition coefficient (Wildman–Crippen LogP) is 3.56. The number of nitrogens with zero attached hydrogens (tertiary/aromatic N) is 1. The van der Waals surface area contributed by atoms with Crippen molar-refractivity contribution < 1.29 is 14.7 Å². The van der Waals surface area contributed by atoms with E-state index >= 15 is 0 Å². The van der Waals surface area contributed by atoms with Gasteiger partial charge in [-0.1, -0.05) is 12.8 Å². The summed E-state index contributed by atoms with van der Waals surface area (Å²) in [6.07, 6.45) is 7.26. The van der Waals surface area contributed by atoms with Gasteiger partial charge in [-0.25, -0.2) is 4.79 Å². The standard InChI is InChI=1S/C16H21NO3S/c1-3-17(12-6-4-5-7-12)16(20)14-10-11(2)13(21-14)8-9-15(18)19/h8-10,12H,3-7H2,1-2H3,(H,18,19)/b9-8+. The number of aliphatic carboxylic acids is 1. The maximum Gasteiger partial charge on any atom is 0.328 e. The van der Waals surface area contributed by atoms with E-state index < -0.39 is 5.97 Å². The largest absolute Gasteiger partial charge is 0.478 e. The molecule has 1 amide bonds. The molecule has 0 atom stereocenters. The molecule has 0 radical (unpaired) electrons. The molecule has 1 N–H and O–H groups in total. The lowest BCUT2D eigenvalue weighted by Crippen LogP contribution is -2.38. The number of carboxylic acid groups (broad SMARTS) is 1. The van der Waals surface area contributed by atoms with Gasteiger partial charge in [0.05, 0.1) is 4.88 Å². The fourth-order valence-corrected chi connectivity index (χ4v) is 3.87. The molecule has 0 spiro atoms. The molecular formula is C16H21NO3S. The van der Waals surface area contributed by atoms with Crippen LogP contribution in [0.4, 0.5) is 0 Å². The highest BCUT2D eigenvalue weighted by molar-refractivity contribution is 7.15. The van der Waals surface area contributed by atoms with Crippen LogP contribution in [0.25, 0.3) is 6.08 Å². The number of carbonyl (C=O) groups is 2. The molecule has 0 aromatic carbocycles. The Bertz CT molecular complexity index is 556. The summed E-state index contributed by atoms with van der Waals surface area (Å²) < 4.78 is 0. The van der Waals surface area contributed by atoms with Gasteiger partial charge in [0.15, 0.2) is 0 Å². The van der Waals surface area contributed by atoms with Crippen LogP contribution >= 0.6 is 11.3 Å². The van der Waals surface area contributed by atoms with Gasteiger partial charge >= 0.3 is 5.97 Å². The third-order valence-corrected chi connectivity index (χ3v) is 5.10. The third-order valence-electron chi connectivity index (χ3n) is 3.91. The lowest BCUT2D eigenvalue weighted by atomic mass is 10.2. The molecule has 1 saturated carbocycles. The van der Waals surface area contributed by atoms with Crippen LogP contribution in [0.2, 0.25) is 0 Å². The first-order chi connectivity index (χ1) is 10.0. The average Bonchev–Trinajstić information content (AvgIpc) is 3.07. The number of rotatable bonds is 5. The first kappa shape index (κ1) is 15.8. The zero-order valence-electron chi connectivity index (χ0n) is 12.5. The summed E-state index contributed by atoms with van der Waals surface area (Å²) in [5.41, 5.74) is 0.948. The summed E-state index contributed by atoms with van der Waals surface area (Å²) in [5, 5.41) is 8.69. The maximum absolute atomic E-state index is 12.7. The van der Waals surface area contributed by atoms with Crippen LogP contribution in [-0.4, -0.2) is 34.5 Å². The monoisotopic (exact) mass is 307 g/mol. The summed E-state index contributed by atoms with van der Waals surface area (Å²) in [5.74, 6) is -0.899. The Morgan fingerprint density at radius 1 is 1.43 bits per heavy atom. The number of carboxylic acids is 1. The normalized spacial score (nSPS) is 15.7. The maximum atomic E-state index is 12.7. The highest BCUT2D eigenvalue weighted by Gasteiger charge is 2.27. The quantitative estimate of drug-likeness (QED) is 0.846. The van der Waals surface area contributed by atoms with Gasteiger partial charge in [0.1, 0.15) is 0 Å². The molecule has 1 heterocycles. The highest BCUT2D eigenvalue weighted by Crippen LogP contribution is 2.28. The Kier molecular flexibility index (Phi) is 5.17. The Morgan fingerprint density at radius 2 is 2.10 bits per heavy atom. The molecule has 21 heavy (non-hydrogen) atoms. The number of amides is 1. The van der Waals surface area contributed by atoms with E-state index in [-0.39, 0.29) is 5.91 Å². The molecule has 0 unspecified atom stereocenters. The van der Waals surface area contributed by atoms with Gasteiger partial charge < -0.3 is 10.0 Å². The predicted molar refractivity (Wildman–Crippen MR) is 84.7 cm³/mol. The van der Waals surface area contributed by atoms with Crippen molar-refractivity contribution >= 4 is 29.3 Å². The fourth-order valence-electron chi connectivity index (χ4n) is 2.84. The van der Waals surface area contributed by atoms with Crippen LogP contribution in [0, 0.1) is 6.92 Å². The second-order valence-corrected chi connectivity index (χ2v) is 6.44. The first-order valence-electron chi connectivity index (χ1n) is 7.35. The van der Waals surface area contributed by atoms with Crippen molar-refractivity contribution in [2.24, 2.45) is 0 Å². The van der Waals surface area contributed by atoms with E-state index in [4.69, 9.17) is 5.11 Å². The van der Waals surface area contributed by atoms with Gasteiger partial charge in [-0.15, -0.1) is 11.3 Å². The minimum absolute atomic E-state index is 0.0764. The molecule has 0 bridgehead atoms. The van der Waals surface area contributed by atoms with Crippen molar-refractivity contribution in [1.82, 2.24) is 4.90 Å². The van der Waals surface area contributed by atoms with Gasteiger partial charge in [0, 0.05) is 23.5 Å². The molecule has 0 aliphatic heterocycles. The van der Waals surface area contributed by atoms with E-state index in [0.717, 1.165) is 35.9 Å². The number of thiophene rings is 1. The summed E-state index contributed by atoms with van der Waals surface area (Å²) >= 11 is 1.37. The SMILES string of the molecule is CCN(C(=O)c1cc(C)c(/C=C/C(=O)O)s1)C1CCCC1. The summed E-state index contributed by atoms with van der Waals surface area (Å²) in [6.45, 7) is 4.64. The second kappa shape index (κ2) is 6.89. The Labute approximate surface area is 129 Å². The lowest BCUT2D eigenvalue weighted by molar-refractivity contribution is -0.131. The minimum atomic E-state index is -0.975. The molecule has 1 aliphatic rings. The van der Waals surface area contributed by atoms with Crippen LogP contribution in [0.1, 0.15) is 52.7 Å². The van der Waals surface area contributed by atoms with Crippen molar-refractivity contribution in [3.8, 4) is 0 Å². The molecule has 1 aromatic heterocycles. The number of hydrogen-bond donors (Lipinski definition) is 1. The van der Waals surface area contributed by atoms with Crippen molar-refractivity contribution in [1.29, 1.82) is 0 Å². The van der Waals surface area contributed by atoms with Gasteiger partial charge in [-0.05, 0) is 44.4 Å². The summed E-state index contributed by atoms with van der Waals surface area (Å²) in [6, 6.07) is 2.23. The van der Waals surface area contributed by atoms with Crippen LogP contribution in [-0.2, 0) is 4.79 Å². The van der Waals surface area contributed by atoms with E-state index in [1.54, 1.807) is 6.08 Å². The van der Waals surface area contributed by atoms with Crippen molar-refractivity contribution in [2.75, 3.05) is 6.54 Å². The number of aryl methyl sites for hydroxylation is 1. The van der Waals surface area contributed by atoms with E-state index in [2.05, 4.69) is 0 Å². The van der Waals surface area contributed by atoms with E-state index in [9.17, 15) is 9.59 Å². The Balaban J connectivity index is 2.18. The smallest absolute Gasteiger partial charge is 0.328 e. The Hall–Kier alpha value is -1.62. The molecule has 2 rings (SSSR count). The number of carbonyl (C=O) groups excluding carboxylic acids is 1. The topological polar surface area (TPSA) is 57.6 Å². The van der Waals surface area contributed by atoms with Crippen LogP contribution < -0.4 is 0 Å². The molecule has 4 nitrogen and oxygen atoms in total. The van der Waals surface area contributed by atoms with E-state index in [1.165, 1.54) is 24.2 Å². The zero-order chi connectivity index (χ0) is 15.4. The third kappa shape index (κ3) is 3.73. The van der Waals surface area contributed by atoms with Gasteiger partial charge in [-0.2, -0.15) is 0 Å². The average molecular weight is 307 g/mol. The van der Waals surface area contributed by atoms with Gasteiger partial charge in [0.2, 0.25) is 0 Å². The second-order valence-electron chi connectivity index (χ2n) is 5.36. The fraction of sp³-hybridized carbons (Fsp3) is 0.500. The van der Waals surface area contributed by atoms with Crippen molar-refractivity contribution in [3.05, 3.63) is 27.5 Å². The molecule has 5 heteroatoms. The molecule has 1 fully saturated rings. The van der Waals surface area contributed by atoms with Crippen LogP contribution in [0.5, 0.6) is 0 Å². The number of hydrogen-bond acceptors (Lipinski definition) is 3. The van der Waals surface area contributed by atoms with Crippen molar-refractivity contribution in [2.45, 2.75) is 45.6 Å². The highest BCUT2D eigenvalue weighted by atomic mass is 32.1. The van der Waals surface area contributed by atoms with Crippen LogP contribution in [0.15, 0.2) is 12.1 Å². The molecular weight excluding hydrogens is 286 g/mol. The van der Waals surface area contributed by atoms with Crippen molar-refractivity contribution in [3.63, 3.8) is 0 Å².